The second kappa shape index (κ2) is 9.94. The molecule has 1 aromatic carbocycles. The average molecular weight is 483 g/mol. The molecule has 11 heteroatoms. The van der Waals surface area contributed by atoms with Gasteiger partial charge in [-0.2, -0.15) is 5.26 Å². The molecule has 0 aliphatic heterocycles. The Morgan fingerprint density at radius 3 is 2.79 bits per heavy atom. The highest BCUT2D eigenvalue weighted by Gasteiger charge is 2.21. The van der Waals surface area contributed by atoms with Crippen LogP contribution in [0.4, 0.5) is 10.8 Å². The zero-order valence-corrected chi connectivity index (χ0v) is 19.0. The summed E-state index contributed by atoms with van der Waals surface area (Å²) in [5.41, 5.74) is 0.743. The van der Waals surface area contributed by atoms with Crippen molar-refractivity contribution in [3.8, 4) is 11.8 Å². The Labute approximate surface area is 198 Å². The van der Waals surface area contributed by atoms with Crippen molar-refractivity contribution in [3.05, 3.63) is 67.9 Å². The Morgan fingerprint density at radius 1 is 1.30 bits per heavy atom. The van der Waals surface area contributed by atoms with Gasteiger partial charge in [0, 0.05) is 29.9 Å². The summed E-state index contributed by atoms with van der Waals surface area (Å²) < 4.78 is 1.64. The summed E-state index contributed by atoms with van der Waals surface area (Å²) in [5.74, 6) is -0.214. The lowest BCUT2D eigenvalue weighted by Gasteiger charge is -2.18. The Bertz CT molecular complexity index is 1270. The average Bonchev–Trinajstić information content (AvgIpc) is 3.47. The third-order valence-electron chi connectivity index (χ3n) is 5.45. The number of hydrogen-bond acceptors (Lipinski definition) is 7. The van der Waals surface area contributed by atoms with Crippen molar-refractivity contribution in [2.45, 2.75) is 38.0 Å². The van der Waals surface area contributed by atoms with Gasteiger partial charge in [0.1, 0.15) is 16.6 Å². The van der Waals surface area contributed by atoms with Crippen LogP contribution in [0.25, 0.3) is 11.8 Å². The lowest BCUT2D eigenvalue weighted by Crippen LogP contribution is -2.13. The van der Waals surface area contributed by atoms with Crippen molar-refractivity contribution in [2.75, 3.05) is 5.32 Å². The van der Waals surface area contributed by atoms with E-state index >= 15 is 0 Å². The number of anilines is 1. The Balaban J connectivity index is 1.54. The van der Waals surface area contributed by atoms with Gasteiger partial charge >= 0.3 is 0 Å². The number of amides is 1. The third kappa shape index (κ3) is 5.10. The molecule has 0 radical (unpaired) electrons. The fourth-order valence-electron chi connectivity index (χ4n) is 3.80. The van der Waals surface area contributed by atoms with Crippen molar-refractivity contribution in [1.82, 2.24) is 14.8 Å². The van der Waals surface area contributed by atoms with Crippen LogP contribution in [-0.4, -0.2) is 25.6 Å². The summed E-state index contributed by atoms with van der Waals surface area (Å²) in [6.45, 7) is 0. The van der Waals surface area contributed by atoms with E-state index in [1.807, 2.05) is 6.07 Å². The molecular formula is C22H19ClN6O3S. The predicted octanol–water partition coefficient (Wildman–Crippen LogP) is 5.48. The highest BCUT2D eigenvalue weighted by Crippen LogP contribution is 2.35. The first kappa shape index (κ1) is 22.6. The Hall–Kier alpha value is -3.55. The Kier molecular flexibility index (Phi) is 6.82. The number of nitriles is 1. The van der Waals surface area contributed by atoms with Crippen LogP contribution in [0.1, 0.15) is 48.7 Å². The maximum absolute atomic E-state index is 12.7. The second-order valence-corrected chi connectivity index (χ2v) is 9.02. The van der Waals surface area contributed by atoms with E-state index < -0.39 is 10.8 Å². The topological polar surface area (TPSA) is 127 Å². The molecule has 0 spiro atoms. The SMILES string of the molecule is N#CC(=Cc1cccn1-c1ccc([N+](=O)[O-])cc1Cl)C(=O)Nc1nnc(C2CCCCC2)s1. The maximum Gasteiger partial charge on any atom is 0.271 e. The number of nitrogens with zero attached hydrogens (tertiary/aromatic N) is 5. The van der Waals surface area contributed by atoms with E-state index in [0.29, 0.717) is 22.4 Å². The van der Waals surface area contributed by atoms with Gasteiger partial charge in [0.25, 0.3) is 11.6 Å². The van der Waals surface area contributed by atoms with Gasteiger partial charge in [0.2, 0.25) is 5.13 Å². The van der Waals surface area contributed by atoms with Crippen molar-refractivity contribution >= 4 is 45.7 Å². The van der Waals surface area contributed by atoms with E-state index in [9.17, 15) is 20.2 Å². The molecule has 2 heterocycles. The van der Waals surface area contributed by atoms with Crippen LogP contribution in [-0.2, 0) is 4.79 Å². The van der Waals surface area contributed by atoms with Crippen LogP contribution in [0, 0.1) is 21.4 Å². The van der Waals surface area contributed by atoms with E-state index in [1.54, 1.807) is 22.9 Å². The fourth-order valence-corrected chi connectivity index (χ4v) is 4.97. The molecule has 1 aliphatic carbocycles. The van der Waals surface area contributed by atoms with Crippen molar-refractivity contribution in [1.29, 1.82) is 5.26 Å². The molecule has 1 aliphatic rings. The van der Waals surface area contributed by atoms with Gasteiger partial charge in [-0.25, -0.2) is 0 Å². The molecule has 33 heavy (non-hydrogen) atoms. The zero-order chi connectivity index (χ0) is 23.4. The van der Waals surface area contributed by atoms with E-state index in [0.717, 1.165) is 17.8 Å². The number of nitro groups is 1. The quantitative estimate of drug-likeness (QED) is 0.214. The minimum atomic E-state index is -0.591. The first-order valence-corrected chi connectivity index (χ1v) is 11.5. The van der Waals surface area contributed by atoms with Gasteiger partial charge in [-0.3, -0.25) is 20.2 Å². The normalized spacial score (nSPS) is 14.6. The lowest BCUT2D eigenvalue weighted by molar-refractivity contribution is -0.384. The molecule has 3 aromatic rings. The number of nitro benzene ring substituents is 1. The number of aromatic nitrogens is 3. The van der Waals surface area contributed by atoms with Crippen LogP contribution >= 0.6 is 22.9 Å². The molecule has 9 nitrogen and oxygen atoms in total. The van der Waals surface area contributed by atoms with Crippen molar-refractivity contribution in [2.24, 2.45) is 0 Å². The van der Waals surface area contributed by atoms with Crippen LogP contribution in [0.3, 0.4) is 0 Å². The molecule has 1 saturated carbocycles. The van der Waals surface area contributed by atoms with Crippen molar-refractivity contribution in [3.63, 3.8) is 0 Å². The fraction of sp³-hybridized carbons (Fsp3) is 0.273. The molecule has 0 atom stereocenters. The minimum Gasteiger partial charge on any atom is -0.316 e. The van der Waals surface area contributed by atoms with E-state index in [-0.39, 0.29) is 16.3 Å². The minimum absolute atomic E-state index is 0.123. The standard InChI is InChI=1S/C22H19ClN6O3S/c23-18-12-17(29(31)32)8-9-19(18)28-10-4-7-16(28)11-15(13-24)20(30)25-22-27-26-21(33-22)14-5-2-1-3-6-14/h4,7-12,14H,1-3,5-6H2,(H,25,27,30). The highest BCUT2D eigenvalue weighted by molar-refractivity contribution is 7.15. The van der Waals surface area contributed by atoms with Crippen LogP contribution in [0.5, 0.6) is 0 Å². The van der Waals surface area contributed by atoms with Gasteiger partial charge < -0.3 is 4.57 Å². The maximum atomic E-state index is 12.7. The molecule has 1 amide bonds. The van der Waals surface area contributed by atoms with Crippen LogP contribution in [0.15, 0.2) is 42.1 Å². The van der Waals surface area contributed by atoms with Gasteiger partial charge in [0.05, 0.1) is 15.6 Å². The van der Waals surface area contributed by atoms with Gasteiger partial charge in [-0.15, -0.1) is 10.2 Å². The number of rotatable bonds is 6. The molecule has 0 saturated heterocycles. The summed E-state index contributed by atoms with van der Waals surface area (Å²) >= 11 is 7.58. The largest absolute Gasteiger partial charge is 0.316 e. The number of halogens is 1. The number of non-ortho nitro benzene ring substituents is 1. The summed E-state index contributed by atoms with van der Waals surface area (Å²) in [5, 5.41) is 32.9. The molecule has 2 aromatic heterocycles. The van der Waals surface area contributed by atoms with Crippen LogP contribution < -0.4 is 5.32 Å². The van der Waals surface area contributed by atoms with Gasteiger partial charge in [-0.1, -0.05) is 42.2 Å². The van der Waals surface area contributed by atoms with E-state index in [1.165, 1.54) is 54.9 Å². The van der Waals surface area contributed by atoms with Gasteiger partial charge in [0.15, 0.2) is 0 Å². The smallest absolute Gasteiger partial charge is 0.271 e. The number of benzene rings is 1. The Morgan fingerprint density at radius 2 is 2.09 bits per heavy atom. The second-order valence-electron chi connectivity index (χ2n) is 7.60. The third-order valence-corrected chi connectivity index (χ3v) is 6.76. The zero-order valence-electron chi connectivity index (χ0n) is 17.4. The molecule has 1 N–H and O–H groups in total. The number of hydrogen-bond donors (Lipinski definition) is 1. The first-order valence-electron chi connectivity index (χ1n) is 10.3. The van der Waals surface area contributed by atoms with E-state index in [4.69, 9.17) is 11.6 Å². The monoisotopic (exact) mass is 482 g/mol. The highest BCUT2D eigenvalue weighted by atomic mass is 35.5. The molecule has 168 valence electrons. The summed E-state index contributed by atoms with van der Waals surface area (Å²) in [6.07, 6.45) is 8.85. The molecule has 1 fully saturated rings. The molecule has 0 bridgehead atoms. The summed E-state index contributed by atoms with van der Waals surface area (Å²) in [4.78, 5) is 23.1. The van der Waals surface area contributed by atoms with E-state index in [2.05, 4.69) is 15.5 Å². The molecule has 4 rings (SSSR count). The lowest BCUT2D eigenvalue weighted by atomic mass is 9.90. The first-order chi connectivity index (χ1) is 16.0. The number of nitrogens with one attached hydrogen (secondary N) is 1. The molecular weight excluding hydrogens is 464 g/mol. The van der Waals surface area contributed by atoms with Crippen LogP contribution in [0.2, 0.25) is 5.02 Å². The summed E-state index contributed by atoms with van der Waals surface area (Å²) in [6, 6.07) is 9.44. The van der Waals surface area contributed by atoms with Gasteiger partial charge in [-0.05, 0) is 37.1 Å². The summed E-state index contributed by atoms with van der Waals surface area (Å²) in [7, 11) is 0. The number of carbonyl (C=O) groups excluding carboxylic acids is 1. The number of carbonyl (C=O) groups is 1. The molecule has 0 unspecified atom stereocenters. The van der Waals surface area contributed by atoms with Crippen molar-refractivity contribution < 1.29 is 9.72 Å². The predicted molar refractivity (Wildman–Crippen MR) is 125 cm³/mol.